The molecule has 4 atom stereocenters. The predicted molar refractivity (Wildman–Crippen MR) is 64.3 cm³/mol. The number of ether oxygens (including phenoxy) is 1. The van der Waals surface area contributed by atoms with Crippen molar-refractivity contribution in [2.24, 2.45) is 0 Å². The quantitative estimate of drug-likeness (QED) is 0.326. The van der Waals surface area contributed by atoms with E-state index in [1.165, 1.54) is 12.3 Å². The second kappa shape index (κ2) is 5.82. The molecule has 110 valence electrons. The summed E-state index contributed by atoms with van der Waals surface area (Å²) in [6, 6.07) is 1.30. The lowest BCUT2D eigenvalue weighted by atomic mass is 10.1. The number of nitrogens with zero attached hydrogens (tertiary/aromatic N) is 2. The normalized spacial score (nSPS) is 28.5. The third-order valence-electron chi connectivity index (χ3n) is 2.74. The zero-order chi connectivity index (χ0) is 14.2. The molecule has 0 unspecified atom stereocenters. The molecule has 0 aromatic carbocycles. The number of nitrogens with two attached hydrogens (primary N) is 1. The van der Waals surface area contributed by atoms with E-state index in [9.17, 15) is 24.9 Å². The van der Waals surface area contributed by atoms with E-state index in [4.69, 9.17) is 10.5 Å². The summed E-state index contributed by atoms with van der Waals surface area (Å²) in [5.74, 6) is 0.246. The number of rotatable bonds is 2. The van der Waals surface area contributed by atoms with Gasteiger partial charge in [-0.15, -0.1) is 0 Å². The number of nitrogen functional groups attached to an aromatic ring is 1. The summed E-state index contributed by atoms with van der Waals surface area (Å²) >= 11 is 0. The SMILES string of the molecule is Nc1ccn([C@@H]2O[C@H](C(O)=C=O)[C@@H](O)[C@H]2O)c(=O)n1.O. The van der Waals surface area contributed by atoms with Crippen LogP contribution in [0.1, 0.15) is 6.23 Å². The molecular weight excluding hydrogens is 274 g/mol. The summed E-state index contributed by atoms with van der Waals surface area (Å²) in [7, 11) is 0. The molecule has 1 aromatic heterocycles. The summed E-state index contributed by atoms with van der Waals surface area (Å²) in [5.41, 5.74) is 4.51. The van der Waals surface area contributed by atoms with E-state index in [1.807, 2.05) is 0 Å². The monoisotopic (exact) mass is 287 g/mol. The first kappa shape index (κ1) is 15.8. The van der Waals surface area contributed by atoms with Crippen LogP contribution >= 0.6 is 0 Å². The van der Waals surface area contributed by atoms with Crippen molar-refractivity contribution in [3.05, 3.63) is 28.5 Å². The van der Waals surface area contributed by atoms with Gasteiger partial charge in [0, 0.05) is 6.20 Å². The van der Waals surface area contributed by atoms with E-state index in [0.29, 0.717) is 0 Å². The van der Waals surface area contributed by atoms with E-state index in [0.717, 1.165) is 10.5 Å². The molecule has 2 heterocycles. The number of aliphatic hydroxyl groups is 3. The van der Waals surface area contributed by atoms with E-state index in [-0.39, 0.29) is 11.3 Å². The standard InChI is InChI=1S/C10H11N3O6.H2O/c11-5-1-2-13(10(18)12-5)9-7(17)6(16)8(19-9)4(15)3-14;/h1-2,6-9,15-17H,(H2,11,12,18);1H2/t6-,7+,8+,9+;/m0./s1. The average molecular weight is 287 g/mol. The maximum atomic E-state index is 11.6. The molecule has 0 aliphatic carbocycles. The Hall–Kier alpha value is -2.23. The largest absolute Gasteiger partial charge is 0.500 e. The molecule has 0 bridgehead atoms. The molecule has 0 spiro atoms. The fourth-order valence-electron chi connectivity index (χ4n) is 1.79. The van der Waals surface area contributed by atoms with Gasteiger partial charge in [0.2, 0.25) is 5.76 Å². The second-order valence-corrected chi connectivity index (χ2v) is 3.96. The Balaban J connectivity index is 0.00000200. The molecule has 2 rings (SSSR count). The Morgan fingerprint density at radius 3 is 2.65 bits per heavy atom. The number of hydrogen-bond donors (Lipinski definition) is 4. The topological polar surface area (TPSA) is 179 Å². The minimum Gasteiger partial charge on any atom is -0.500 e. The van der Waals surface area contributed by atoms with Gasteiger partial charge in [-0.3, -0.25) is 4.57 Å². The van der Waals surface area contributed by atoms with E-state index >= 15 is 0 Å². The molecule has 0 radical (unpaired) electrons. The molecule has 20 heavy (non-hydrogen) atoms. The van der Waals surface area contributed by atoms with Crippen molar-refractivity contribution < 1.29 is 30.3 Å². The Labute approximate surface area is 111 Å². The number of aliphatic hydroxyl groups excluding tert-OH is 3. The van der Waals surface area contributed by atoms with Crippen LogP contribution in [0.25, 0.3) is 0 Å². The lowest BCUT2D eigenvalue weighted by molar-refractivity contribution is -0.0382. The van der Waals surface area contributed by atoms with Gasteiger partial charge in [0.05, 0.1) is 0 Å². The molecule has 0 saturated carbocycles. The van der Waals surface area contributed by atoms with Crippen LogP contribution in [0.2, 0.25) is 0 Å². The molecular formula is C10H13N3O7. The van der Waals surface area contributed by atoms with Crippen molar-refractivity contribution in [2.75, 3.05) is 5.73 Å². The Bertz CT molecular complexity index is 595. The minimum absolute atomic E-state index is 0. The van der Waals surface area contributed by atoms with E-state index < -0.39 is 36.0 Å². The van der Waals surface area contributed by atoms with Crippen LogP contribution < -0.4 is 11.4 Å². The zero-order valence-corrected chi connectivity index (χ0v) is 10.0. The maximum Gasteiger partial charge on any atom is 0.351 e. The van der Waals surface area contributed by atoms with Crippen LogP contribution in [0.4, 0.5) is 5.82 Å². The smallest absolute Gasteiger partial charge is 0.351 e. The van der Waals surface area contributed by atoms with Crippen molar-refractivity contribution >= 4 is 11.8 Å². The van der Waals surface area contributed by atoms with Crippen molar-refractivity contribution in [3.63, 3.8) is 0 Å². The zero-order valence-electron chi connectivity index (χ0n) is 10.0. The van der Waals surface area contributed by atoms with Gasteiger partial charge < -0.3 is 31.3 Å². The van der Waals surface area contributed by atoms with Crippen LogP contribution in [0, 0.1) is 0 Å². The average Bonchev–Trinajstić information content (AvgIpc) is 2.66. The first-order chi connectivity index (χ1) is 8.95. The fraction of sp³-hybridized carbons (Fsp3) is 0.400. The highest BCUT2D eigenvalue weighted by atomic mass is 16.6. The summed E-state index contributed by atoms with van der Waals surface area (Å²) in [6.45, 7) is 0. The van der Waals surface area contributed by atoms with E-state index in [2.05, 4.69) is 4.98 Å². The Morgan fingerprint density at radius 2 is 2.10 bits per heavy atom. The van der Waals surface area contributed by atoms with Crippen molar-refractivity contribution in [2.45, 2.75) is 24.5 Å². The van der Waals surface area contributed by atoms with Gasteiger partial charge in [-0.1, -0.05) is 0 Å². The number of aromatic nitrogens is 2. The molecule has 1 saturated heterocycles. The first-order valence-electron chi connectivity index (χ1n) is 5.26. The molecule has 10 nitrogen and oxygen atoms in total. The summed E-state index contributed by atoms with van der Waals surface area (Å²) in [6.07, 6.45) is -4.63. The third kappa shape index (κ3) is 2.54. The summed E-state index contributed by atoms with van der Waals surface area (Å²) in [4.78, 5) is 25.3. The third-order valence-corrected chi connectivity index (χ3v) is 2.74. The number of carbonyl (C=O) groups excluding carboxylic acids is 1. The predicted octanol–water partition coefficient (Wildman–Crippen LogP) is -3.11. The highest BCUT2D eigenvalue weighted by molar-refractivity contribution is 5.51. The molecule has 1 fully saturated rings. The van der Waals surface area contributed by atoms with Gasteiger partial charge >= 0.3 is 5.69 Å². The van der Waals surface area contributed by atoms with Gasteiger partial charge in [-0.2, -0.15) is 4.98 Å². The summed E-state index contributed by atoms with van der Waals surface area (Å²) < 4.78 is 5.97. The van der Waals surface area contributed by atoms with Crippen LogP contribution in [0.3, 0.4) is 0 Å². The minimum atomic E-state index is -1.57. The molecule has 10 heteroatoms. The Morgan fingerprint density at radius 1 is 1.45 bits per heavy atom. The highest BCUT2D eigenvalue weighted by Gasteiger charge is 2.46. The lowest BCUT2D eigenvalue weighted by Crippen LogP contribution is -2.35. The van der Waals surface area contributed by atoms with E-state index in [1.54, 1.807) is 0 Å². The first-order valence-corrected chi connectivity index (χ1v) is 5.26. The van der Waals surface area contributed by atoms with Gasteiger partial charge in [-0.25, -0.2) is 9.59 Å². The number of anilines is 1. The maximum absolute atomic E-state index is 11.6. The van der Waals surface area contributed by atoms with Gasteiger partial charge in [0.15, 0.2) is 18.3 Å². The molecule has 1 aliphatic rings. The van der Waals surface area contributed by atoms with Crippen LogP contribution in [-0.2, 0) is 9.53 Å². The van der Waals surface area contributed by atoms with Crippen LogP contribution in [0.5, 0.6) is 0 Å². The van der Waals surface area contributed by atoms with Crippen molar-refractivity contribution in [3.8, 4) is 0 Å². The Kier molecular flexibility index (Phi) is 4.61. The van der Waals surface area contributed by atoms with Crippen LogP contribution in [-0.4, -0.2) is 54.6 Å². The van der Waals surface area contributed by atoms with Gasteiger partial charge in [-0.05, 0) is 6.07 Å². The lowest BCUT2D eigenvalue weighted by Gasteiger charge is -2.16. The number of hydrogen-bond acceptors (Lipinski definition) is 8. The van der Waals surface area contributed by atoms with Crippen molar-refractivity contribution in [1.29, 1.82) is 0 Å². The molecule has 1 aliphatic heterocycles. The molecule has 0 amide bonds. The second-order valence-electron chi connectivity index (χ2n) is 3.96. The molecule has 1 aromatic rings. The van der Waals surface area contributed by atoms with Gasteiger partial charge in [0.25, 0.3) is 0 Å². The highest BCUT2D eigenvalue weighted by Crippen LogP contribution is 2.30. The molecule has 7 N–H and O–H groups in total. The summed E-state index contributed by atoms with van der Waals surface area (Å²) in [5, 5.41) is 28.6. The van der Waals surface area contributed by atoms with Gasteiger partial charge in [0.1, 0.15) is 18.0 Å². The fourth-order valence-corrected chi connectivity index (χ4v) is 1.79. The van der Waals surface area contributed by atoms with Crippen molar-refractivity contribution in [1.82, 2.24) is 9.55 Å². The van der Waals surface area contributed by atoms with Crippen LogP contribution in [0.15, 0.2) is 22.8 Å².